The Labute approximate surface area is 108 Å². The van der Waals surface area contributed by atoms with Crippen LogP contribution in [0, 0.1) is 0 Å². The molecular formula is C11H15BrN2O3. The molecule has 1 N–H and O–H groups in total. The molecule has 2 rings (SSSR count). The molecule has 0 fully saturated rings. The van der Waals surface area contributed by atoms with Crippen molar-refractivity contribution in [2.45, 2.75) is 31.7 Å². The molecule has 5 nitrogen and oxygen atoms in total. The minimum absolute atomic E-state index is 0.0246. The van der Waals surface area contributed by atoms with Gasteiger partial charge in [0.05, 0.1) is 19.4 Å². The highest BCUT2D eigenvalue weighted by atomic mass is 79.9. The first kappa shape index (κ1) is 12.6. The lowest BCUT2D eigenvalue weighted by molar-refractivity contribution is -0.145. The van der Waals surface area contributed by atoms with Crippen LogP contribution in [-0.2, 0) is 22.4 Å². The fourth-order valence-electron chi connectivity index (χ4n) is 2.31. The van der Waals surface area contributed by atoms with Gasteiger partial charge < -0.3 is 14.4 Å². The molecule has 1 aromatic heterocycles. The number of rotatable bonds is 3. The van der Waals surface area contributed by atoms with E-state index in [1.807, 2.05) is 4.57 Å². The second kappa shape index (κ2) is 5.18. The number of hydrogen-bond donors (Lipinski definition) is 1. The van der Waals surface area contributed by atoms with E-state index in [0.29, 0.717) is 6.42 Å². The Morgan fingerprint density at radius 1 is 1.71 bits per heavy atom. The fourth-order valence-corrected chi connectivity index (χ4v) is 2.90. The van der Waals surface area contributed by atoms with E-state index in [-0.39, 0.29) is 18.6 Å². The molecule has 1 aliphatic rings. The molecule has 1 atom stereocenters. The highest BCUT2D eigenvalue weighted by Crippen LogP contribution is 2.32. The van der Waals surface area contributed by atoms with Crippen LogP contribution in [0.2, 0.25) is 0 Å². The summed E-state index contributed by atoms with van der Waals surface area (Å²) in [6.07, 6.45) is 3.06. The van der Waals surface area contributed by atoms with Gasteiger partial charge in [0.15, 0.2) is 0 Å². The van der Waals surface area contributed by atoms with E-state index in [1.54, 1.807) is 0 Å². The zero-order valence-corrected chi connectivity index (χ0v) is 11.2. The molecule has 6 heteroatoms. The Kier molecular flexibility index (Phi) is 3.83. The second-order valence-corrected chi connectivity index (χ2v) is 4.79. The molecule has 0 aromatic carbocycles. The van der Waals surface area contributed by atoms with E-state index < -0.39 is 0 Å². The SMILES string of the molecule is COC(=O)C1CCCc2c(Br)nc(CCO)n21. The van der Waals surface area contributed by atoms with Gasteiger partial charge in [0.1, 0.15) is 16.5 Å². The number of halogens is 1. The van der Waals surface area contributed by atoms with Crippen molar-refractivity contribution >= 4 is 21.9 Å². The lowest BCUT2D eigenvalue weighted by Crippen LogP contribution is -2.27. The molecular weight excluding hydrogens is 288 g/mol. The number of methoxy groups -OCH3 is 1. The number of aliphatic hydroxyl groups is 1. The van der Waals surface area contributed by atoms with Gasteiger partial charge in [-0.25, -0.2) is 9.78 Å². The molecule has 0 aliphatic carbocycles. The van der Waals surface area contributed by atoms with Crippen LogP contribution in [0.15, 0.2) is 4.60 Å². The number of imidazole rings is 1. The number of aromatic nitrogens is 2. The summed E-state index contributed by atoms with van der Waals surface area (Å²) < 4.78 is 7.51. The quantitative estimate of drug-likeness (QED) is 0.853. The molecule has 0 radical (unpaired) electrons. The Bertz CT molecular complexity index is 431. The highest BCUT2D eigenvalue weighted by molar-refractivity contribution is 9.10. The van der Waals surface area contributed by atoms with Crippen LogP contribution in [0.5, 0.6) is 0 Å². The molecule has 1 aromatic rings. The summed E-state index contributed by atoms with van der Waals surface area (Å²) >= 11 is 3.41. The number of aliphatic hydroxyl groups excluding tert-OH is 1. The molecule has 0 saturated heterocycles. The van der Waals surface area contributed by atoms with Gasteiger partial charge in [-0.2, -0.15) is 0 Å². The zero-order valence-electron chi connectivity index (χ0n) is 9.65. The van der Waals surface area contributed by atoms with Crippen molar-refractivity contribution in [3.05, 3.63) is 16.1 Å². The molecule has 0 amide bonds. The van der Waals surface area contributed by atoms with Crippen molar-refractivity contribution in [2.24, 2.45) is 0 Å². The van der Waals surface area contributed by atoms with Crippen molar-refractivity contribution in [2.75, 3.05) is 13.7 Å². The minimum atomic E-state index is -0.302. The zero-order chi connectivity index (χ0) is 12.4. The minimum Gasteiger partial charge on any atom is -0.467 e. The summed E-state index contributed by atoms with van der Waals surface area (Å²) in [7, 11) is 1.40. The van der Waals surface area contributed by atoms with Crippen molar-refractivity contribution in [3.63, 3.8) is 0 Å². The van der Waals surface area contributed by atoms with E-state index in [2.05, 4.69) is 20.9 Å². The van der Waals surface area contributed by atoms with Crippen molar-refractivity contribution in [1.29, 1.82) is 0 Å². The maximum atomic E-state index is 11.7. The van der Waals surface area contributed by atoms with Crippen LogP contribution in [-0.4, -0.2) is 34.3 Å². The fraction of sp³-hybridized carbons (Fsp3) is 0.636. The predicted octanol–water partition coefficient (Wildman–Crippen LogP) is 1.23. The largest absolute Gasteiger partial charge is 0.467 e. The van der Waals surface area contributed by atoms with E-state index in [9.17, 15) is 4.79 Å². The maximum Gasteiger partial charge on any atom is 0.328 e. The first-order chi connectivity index (χ1) is 8.19. The Hall–Kier alpha value is -0.880. The summed E-state index contributed by atoms with van der Waals surface area (Å²) in [6.45, 7) is 0.0246. The Morgan fingerprint density at radius 3 is 3.12 bits per heavy atom. The van der Waals surface area contributed by atoms with Gasteiger partial charge in [-0.05, 0) is 35.2 Å². The van der Waals surface area contributed by atoms with Crippen LogP contribution in [0.4, 0.5) is 0 Å². The topological polar surface area (TPSA) is 64.3 Å². The third-order valence-corrected chi connectivity index (χ3v) is 3.68. The number of esters is 1. The first-order valence-electron chi connectivity index (χ1n) is 5.63. The van der Waals surface area contributed by atoms with Gasteiger partial charge in [-0.15, -0.1) is 0 Å². The third-order valence-electron chi connectivity index (χ3n) is 3.05. The molecule has 2 heterocycles. The normalized spacial score (nSPS) is 18.9. The number of carbonyl (C=O) groups excluding carboxylic acids is 1. The monoisotopic (exact) mass is 302 g/mol. The van der Waals surface area contributed by atoms with Crippen LogP contribution >= 0.6 is 15.9 Å². The molecule has 0 spiro atoms. The number of nitrogens with zero attached hydrogens (tertiary/aromatic N) is 2. The molecule has 0 saturated carbocycles. The predicted molar refractivity (Wildman–Crippen MR) is 64.7 cm³/mol. The maximum absolute atomic E-state index is 11.7. The van der Waals surface area contributed by atoms with Gasteiger partial charge in [-0.3, -0.25) is 0 Å². The Balaban J connectivity index is 2.43. The summed E-state index contributed by atoms with van der Waals surface area (Å²) in [5, 5.41) is 9.03. The number of carbonyl (C=O) groups is 1. The standard InChI is InChI=1S/C11H15BrN2O3/c1-17-11(16)8-4-2-3-7-10(12)13-9(5-6-15)14(7)8/h8,15H,2-6H2,1H3. The molecule has 0 bridgehead atoms. The van der Waals surface area contributed by atoms with Crippen LogP contribution in [0.3, 0.4) is 0 Å². The second-order valence-electron chi connectivity index (χ2n) is 4.04. The van der Waals surface area contributed by atoms with Gasteiger partial charge in [0.2, 0.25) is 0 Å². The van der Waals surface area contributed by atoms with Gasteiger partial charge in [0, 0.05) is 6.42 Å². The van der Waals surface area contributed by atoms with E-state index >= 15 is 0 Å². The number of hydrogen-bond acceptors (Lipinski definition) is 4. The molecule has 1 unspecified atom stereocenters. The lowest BCUT2D eigenvalue weighted by Gasteiger charge is -2.25. The average Bonchev–Trinajstić information content (AvgIpc) is 2.66. The first-order valence-corrected chi connectivity index (χ1v) is 6.42. The smallest absolute Gasteiger partial charge is 0.328 e. The van der Waals surface area contributed by atoms with E-state index in [0.717, 1.165) is 35.4 Å². The van der Waals surface area contributed by atoms with Crippen molar-refractivity contribution < 1.29 is 14.6 Å². The lowest BCUT2D eigenvalue weighted by atomic mass is 10.0. The van der Waals surface area contributed by atoms with Crippen LogP contribution in [0.25, 0.3) is 0 Å². The number of fused-ring (bicyclic) bond motifs is 1. The average molecular weight is 303 g/mol. The number of ether oxygens (including phenoxy) is 1. The molecule has 1 aliphatic heterocycles. The van der Waals surface area contributed by atoms with Crippen LogP contribution < -0.4 is 0 Å². The summed E-state index contributed by atoms with van der Waals surface area (Å²) in [5.74, 6) is 0.500. The van der Waals surface area contributed by atoms with Crippen molar-refractivity contribution in [3.8, 4) is 0 Å². The molecule has 94 valence electrons. The summed E-state index contributed by atoms with van der Waals surface area (Å²) in [4.78, 5) is 16.1. The van der Waals surface area contributed by atoms with E-state index in [1.165, 1.54) is 7.11 Å². The summed E-state index contributed by atoms with van der Waals surface area (Å²) in [6, 6.07) is -0.302. The highest BCUT2D eigenvalue weighted by Gasteiger charge is 2.31. The third kappa shape index (κ3) is 2.24. The van der Waals surface area contributed by atoms with Gasteiger partial charge in [0.25, 0.3) is 0 Å². The van der Waals surface area contributed by atoms with Crippen LogP contribution in [0.1, 0.15) is 30.4 Å². The van der Waals surface area contributed by atoms with Gasteiger partial charge in [-0.1, -0.05) is 0 Å². The van der Waals surface area contributed by atoms with E-state index in [4.69, 9.17) is 9.84 Å². The van der Waals surface area contributed by atoms with Gasteiger partial charge >= 0.3 is 5.97 Å². The van der Waals surface area contributed by atoms with Crippen molar-refractivity contribution in [1.82, 2.24) is 9.55 Å². The molecule has 17 heavy (non-hydrogen) atoms. The summed E-state index contributed by atoms with van der Waals surface area (Å²) in [5.41, 5.74) is 1.02. The Morgan fingerprint density at radius 2 is 2.47 bits per heavy atom.